The van der Waals surface area contributed by atoms with Crippen LogP contribution in [-0.4, -0.2) is 60.5 Å². The number of hydrogen-bond acceptors (Lipinski definition) is 6. The number of aryl methyl sites for hydroxylation is 2. The van der Waals surface area contributed by atoms with Crippen LogP contribution in [-0.2, 0) is 24.7 Å². The summed E-state index contributed by atoms with van der Waals surface area (Å²) in [6, 6.07) is 26.2. The predicted octanol–water partition coefficient (Wildman–Crippen LogP) is 5.63. The fourth-order valence-corrected chi connectivity index (χ4v) is 5.66. The molecule has 4 aromatic rings. The Hall–Kier alpha value is -4.77. The molecule has 8 heteroatoms. The molecule has 1 saturated heterocycles. The summed E-state index contributed by atoms with van der Waals surface area (Å²) in [5.74, 6) is 1.46. The summed E-state index contributed by atoms with van der Waals surface area (Å²) < 4.78 is 13.5. The summed E-state index contributed by atoms with van der Waals surface area (Å²) in [5, 5.41) is 14.3. The van der Waals surface area contributed by atoms with Crippen molar-refractivity contribution in [2.45, 2.75) is 32.6 Å². The maximum atomic E-state index is 13.2. The van der Waals surface area contributed by atoms with E-state index in [0.29, 0.717) is 31.0 Å². The van der Waals surface area contributed by atoms with Gasteiger partial charge in [0.15, 0.2) is 6.61 Å². The molecule has 3 aromatic carbocycles. The van der Waals surface area contributed by atoms with Crippen LogP contribution in [0, 0.1) is 11.3 Å². The fourth-order valence-electron chi connectivity index (χ4n) is 5.66. The standard InChI is InChI=1S/C35H39N5O3/c1-4-5-12-31-30(23-26-15-17-27(18-16-26)29-11-7-6-10-28(29)24-36)35(38(2)37-31)43-25-34(41)40-21-19-39(20-22-40)32-13-8-9-14-33(32)42-3/h6-11,13-18H,4-5,12,19-23,25H2,1-3H3. The molecule has 1 amide bonds. The molecule has 0 radical (unpaired) electrons. The topological polar surface area (TPSA) is 83.6 Å². The van der Waals surface area contributed by atoms with Crippen LogP contribution in [0.25, 0.3) is 11.1 Å². The molecule has 0 atom stereocenters. The number of anilines is 1. The summed E-state index contributed by atoms with van der Waals surface area (Å²) in [4.78, 5) is 17.4. The molecule has 222 valence electrons. The van der Waals surface area contributed by atoms with Gasteiger partial charge < -0.3 is 19.3 Å². The number of amides is 1. The van der Waals surface area contributed by atoms with E-state index in [-0.39, 0.29) is 12.5 Å². The van der Waals surface area contributed by atoms with E-state index in [1.807, 2.05) is 54.4 Å². The van der Waals surface area contributed by atoms with E-state index in [2.05, 4.69) is 48.2 Å². The Labute approximate surface area is 254 Å². The second kappa shape index (κ2) is 13.9. The minimum absolute atomic E-state index is 0.0255. The van der Waals surface area contributed by atoms with Crippen molar-refractivity contribution in [1.82, 2.24) is 14.7 Å². The molecule has 1 fully saturated rings. The number of methoxy groups -OCH3 is 1. The van der Waals surface area contributed by atoms with E-state index >= 15 is 0 Å². The molecule has 1 aliphatic heterocycles. The zero-order valence-electron chi connectivity index (χ0n) is 25.3. The average Bonchev–Trinajstić information content (AvgIpc) is 3.35. The summed E-state index contributed by atoms with van der Waals surface area (Å²) in [6.45, 7) is 4.86. The van der Waals surface area contributed by atoms with Gasteiger partial charge in [-0.05, 0) is 47.7 Å². The van der Waals surface area contributed by atoms with E-state index in [1.165, 1.54) is 0 Å². The highest BCUT2D eigenvalue weighted by Crippen LogP contribution is 2.30. The van der Waals surface area contributed by atoms with Crippen LogP contribution in [0.1, 0.15) is 42.1 Å². The second-order valence-electron chi connectivity index (χ2n) is 10.8. The summed E-state index contributed by atoms with van der Waals surface area (Å²) >= 11 is 0. The quantitative estimate of drug-likeness (QED) is 0.230. The number of aromatic nitrogens is 2. The number of carbonyl (C=O) groups excluding carboxylic acids is 1. The number of ether oxygens (including phenoxy) is 2. The number of piperazine rings is 1. The van der Waals surface area contributed by atoms with Gasteiger partial charge in [0.25, 0.3) is 5.91 Å². The normalized spacial score (nSPS) is 13.1. The van der Waals surface area contributed by atoms with Gasteiger partial charge in [-0.15, -0.1) is 0 Å². The third kappa shape index (κ3) is 6.83. The molecule has 8 nitrogen and oxygen atoms in total. The SMILES string of the molecule is CCCCc1nn(C)c(OCC(=O)N2CCN(c3ccccc3OC)CC2)c1Cc1ccc(-c2ccccc2C#N)cc1. The first kappa shape index (κ1) is 29.7. The number of carbonyl (C=O) groups is 1. The van der Waals surface area contributed by atoms with Crippen molar-refractivity contribution in [3.8, 4) is 28.8 Å². The Balaban J connectivity index is 1.27. The highest BCUT2D eigenvalue weighted by Gasteiger charge is 2.25. The van der Waals surface area contributed by atoms with Gasteiger partial charge >= 0.3 is 0 Å². The summed E-state index contributed by atoms with van der Waals surface area (Å²) in [6.07, 6.45) is 3.60. The van der Waals surface area contributed by atoms with Gasteiger partial charge in [0.1, 0.15) is 5.75 Å². The van der Waals surface area contributed by atoms with Crippen molar-refractivity contribution in [1.29, 1.82) is 5.26 Å². The highest BCUT2D eigenvalue weighted by molar-refractivity contribution is 5.78. The van der Waals surface area contributed by atoms with Crippen molar-refractivity contribution in [2.24, 2.45) is 7.05 Å². The lowest BCUT2D eigenvalue weighted by atomic mass is 9.97. The number of unbranched alkanes of at least 4 members (excludes halogenated alkanes) is 1. The first-order valence-corrected chi connectivity index (χ1v) is 14.9. The Kier molecular flexibility index (Phi) is 9.63. The first-order valence-electron chi connectivity index (χ1n) is 14.9. The zero-order chi connectivity index (χ0) is 30.2. The van der Waals surface area contributed by atoms with Crippen molar-refractivity contribution in [2.75, 3.05) is 44.8 Å². The van der Waals surface area contributed by atoms with Gasteiger partial charge in [0.05, 0.1) is 30.1 Å². The number of hydrogen-bond donors (Lipinski definition) is 0. The average molecular weight is 578 g/mol. The van der Waals surface area contributed by atoms with Crippen molar-refractivity contribution >= 4 is 11.6 Å². The van der Waals surface area contributed by atoms with E-state index < -0.39 is 0 Å². The molecule has 0 N–H and O–H groups in total. The van der Waals surface area contributed by atoms with E-state index in [9.17, 15) is 10.1 Å². The molecule has 43 heavy (non-hydrogen) atoms. The monoisotopic (exact) mass is 577 g/mol. The van der Waals surface area contributed by atoms with Gasteiger partial charge in [-0.25, -0.2) is 4.68 Å². The Morgan fingerprint density at radius 2 is 1.70 bits per heavy atom. The van der Waals surface area contributed by atoms with Crippen molar-refractivity contribution in [3.63, 3.8) is 0 Å². The molecular formula is C35H39N5O3. The maximum absolute atomic E-state index is 13.2. The van der Waals surface area contributed by atoms with Crippen LogP contribution in [0.2, 0.25) is 0 Å². The van der Waals surface area contributed by atoms with E-state index in [1.54, 1.807) is 11.8 Å². The molecule has 0 bridgehead atoms. The maximum Gasteiger partial charge on any atom is 0.260 e. The fraction of sp³-hybridized carbons (Fsp3) is 0.343. The Morgan fingerprint density at radius 1 is 0.977 bits per heavy atom. The number of benzene rings is 3. The zero-order valence-corrected chi connectivity index (χ0v) is 25.3. The van der Waals surface area contributed by atoms with Gasteiger partial charge in [0.2, 0.25) is 5.88 Å². The largest absolute Gasteiger partial charge is 0.495 e. The van der Waals surface area contributed by atoms with Gasteiger partial charge in [0, 0.05) is 45.2 Å². The predicted molar refractivity (Wildman–Crippen MR) is 169 cm³/mol. The molecule has 0 spiro atoms. The number of nitriles is 1. The lowest BCUT2D eigenvalue weighted by molar-refractivity contribution is -0.133. The van der Waals surface area contributed by atoms with E-state index in [4.69, 9.17) is 14.6 Å². The van der Waals surface area contributed by atoms with Crippen LogP contribution in [0.5, 0.6) is 11.6 Å². The minimum atomic E-state index is -0.0295. The number of para-hydroxylation sites is 2. The molecule has 1 aliphatic rings. The molecule has 1 aromatic heterocycles. The molecule has 0 unspecified atom stereocenters. The molecule has 0 saturated carbocycles. The second-order valence-corrected chi connectivity index (χ2v) is 10.8. The smallest absolute Gasteiger partial charge is 0.260 e. The minimum Gasteiger partial charge on any atom is -0.495 e. The van der Waals surface area contributed by atoms with Gasteiger partial charge in [-0.1, -0.05) is 67.9 Å². The van der Waals surface area contributed by atoms with Crippen LogP contribution in [0.3, 0.4) is 0 Å². The number of nitrogens with zero attached hydrogens (tertiary/aromatic N) is 5. The molecule has 5 rings (SSSR count). The third-order valence-corrected chi connectivity index (χ3v) is 8.02. The summed E-state index contributed by atoms with van der Waals surface area (Å²) in [5.41, 5.74) is 6.79. The van der Waals surface area contributed by atoms with Crippen LogP contribution in [0.15, 0.2) is 72.8 Å². The van der Waals surface area contributed by atoms with Gasteiger partial charge in [-0.2, -0.15) is 10.4 Å². The highest BCUT2D eigenvalue weighted by atomic mass is 16.5. The van der Waals surface area contributed by atoms with Crippen molar-refractivity contribution < 1.29 is 14.3 Å². The Bertz CT molecular complexity index is 1580. The van der Waals surface area contributed by atoms with Crippen LogP contribution >= 0.6 is 0 Å². The van der Waals surface area contributed by atoms with Gasteiger partial charge in [-0.3, -0.25) is 4.79 Å². The lowest BCUT2D eigenvalue weighted by Crippen LogP contribution is -2.50. The summed E-state index contributed by atoms with van der Waals surface area (Å²) in [7, 11) is 3.56. The third-order valence-electron chi connectivity index (χ3n) is 8.02. The first-order chi connectivity index (χ1) is 21.0. The van der Waals surface area contributed by atoms with Crippen LogP contribution < -0.4 is 14.4 Å². The molecular weight excluding hydrogens is 538 g/mol. The Morgan fingerprint density at radius 3 is 2.42 bits per heavy atom. The lowest BCUT2D eigenvalue weighted by Gasteiger charge is -2.36. The van der Waals surface area contributed by atoms with Crippen LogP contribution in [0.4, 0.5) is 5.69 Å². The van der Waals surface area contributed by atoms with E-state index in [0.717, 1.165) is 71.7 Å². The number of rotatable bonds is 11. The molecule has 2 heterocycles. The van der Waals surface area contributed by atoms with Crippen molar-refractivity contribution in [3.05, 3.63) is 95.2 Å². The molecule has 0 aliphatic carbocycles.